The lowest BCUT2D eigenvalue weighted by atomic mass is 9.76. The normalized spacial score (nSPS) is 30.9. The number of fused-ring (bicyclic) bond motifs is 5. The molecule has 0 spiro atoms. The number of carbonyl (C=O) groups is 1. The Labute approximate surface area is 236 Å². The molecule has 216 valence electrons. The van der Waals surface area contributed by atoms with Gasteiger partial charge in [0, 0.05) is 30.6 Å². The number of rotatable bonds is 8. The van der Waals surface area contributed by atoms with Crippen LogP contribution in [0.1, 0.15) is 109 Å². The van der Waals surface area contributed by atoms with Crippen LogP contribution in [0.25, 0.3) is 11.0 Å². The van der Waals surface area contributed by atoms with E-state index in [-0.39, 0.29) is 36.2 Å². The summed E-state index contributed by atoms with van der Waals surface area (Å²) in [4.78, 5) is 38.7. The van der Waals surface area contributed by atoms with Gasteiger partial charge in [-0.05, 0) is 82.8 Å². The van der Waals surface area contributed by atoms with Crippen LogP contribution in [0.4, 0.5) is 0 Å². The van der Waals surface area contributed by atoms with Gasteiger partial charge in [-0.2, -0.15) is 0 Å². The topological polar surface area (TPSA) is 97.0 Å². The van der Waals surface area contributed by atoms with E-state index in [0.29, 0.717) is 23.8 Å². The molecule has 3 unspecified atom stereocenters. The van der Waals surface area contributed by atoms with E-state index in [1.165, 1.54) is 57.8 Å². The number of hydrogen-bond acceptors (Lipinski definition) is 6. The summed E-state index contributed by atoms with van der Waals surface area (Å²) in [5.74, 6) is 0.855. The van der Waals surface area contributed by atoms with Crippen molar-refractivity contribution in [2.24, 2.45) is 17.0 Å². The number of nitrogens with zero attached hydrogens (tertiary/aromatic N) is 4. The third-order valence-electron chi connectivity index (χ3n) is 9.92. The number of para-hydroxylation sites is 2. The fraction of sp³-hybridized carbons (Fsp3) is 0.688. The van der Waals surface area contributed by atoms with Gasteiger partial charge in [0.1, 0.15) is 11.8 Å². The maximum Gasteiger partial charge on any atom is 0.303 e. The molecule has 2 saturated carbocycles. The molecule has 1 aromatic heterocycles. The molecule has 2 aliphatic carbocycles. The summed E-state index contributed by atoms with van der Waals surface area (Å²) in [5.41, 5.74) is 1.92. The molecule has 4 fully saturated rings. The summed E-state index contributed by atoms with van der Waals surface area (Å²) in [7, 11) is 0. The molecular weight excluding hydrogens is 504 g/mol. The Morgan fingerprint density at radius 2 is 1.62 bits per heavy atom. The van der Waals surface area contributed by atoms with Crippen molar-refractivity contribution >= 4 is 22.7 Å². The fourth-order valence-corrected chi connectivity index (χ4v) is 8.41. The van der Waals surface area contributed by atoms with Crippen LogP contribution in [-0.4, -0.2) is 55.5 Å². The maximum absolute atomic E-state index is 14.2. The predicted molar refractivity (Wildman–Crippen MR) is 156 cm³/mol. The Hall–Kier alpha value is -2.74. The molecule has 8 heteroatoms. The lowest BCUT2D eigenvalue weighted by Gasteiger charge is -2.48. The van der Waals surface area contributed by atoms with Crippen LogP contribution >= 0.6 is 0 Å². The average Bonchev–Trinajstić information content (AvgIpc) is 3.08. The molecule has 1 aromatic carbocycles. The number of hydrogen-bond donors (Lipinski definition) is 1. The Kier molecular flexibility index (Phi) is 7.98. The van der Waals surface area contributed by atoms with Gasteiger partial charge >= 0.3 is 5.97 Å². The molecule has 6 rings (SSSR count). The van der Waals surface area contributed by atoms with Crippen molar-refractivity contribution in [3.05, 3.63) is 40.3 Å². The summed E-state index contributed by atoms with van der Waals surface area (Å²) in [5, 5.41) is 13.6. The predicted octanol–water partition coefficient (Wildman–Crippen LogP) is 5.92. The van der Waals surface area contributed by atoms with Gasteiger partial charge in [-0.15, -0.1) is 0 Å². The van der Waals surface area contributed by atoms with Crippen molar-refractivity contribution in [3.8, 4) is 0 Å². The zero-order valence-electron chi connectivity index (χ0n) is 24.0. The van der Waals surface area contributed by atoms with Crippen LogP contribution in [0.5, 0.6) is 0 Å². The lowest BCUT2D eigenvalue weighted by Crippen LogP contribution is -2.52. The number of oxime groups is 1. The van der Waals surface area contributed by atoms with Gasteiger partial charge in [0.25, 0.3) is 5.56 Å². The van der Waals surface area contributed by atoms with Gasteiger partial charge in [-0.3, -0.25) is 14.5 Å². The van der Waals surface area contributed by atoms with Crippen LogP contribution in [-0.2, 0) is 9.63 Å². The van der Waals surface area contributed by atoms with Crippen LogP contribution in [0.3, 0.4) is 0 Å². The number of aromatic nitrogens is 2. The SMILES string of the molecule is CC(C)O/N=C(\CCC(=O)O)c1nc2ccccc2n(C2C[C@H]3CC[C@@H](C2)N3C2CC3CCCCC(C3)C2)c1=O. The monoisotopic (exact) mass is 548 g/mol. The smallest absolute Gasteiger partial charge is 0.303 e. The Morgan fingerprint density at radius 1 is 0.950 bits per heavy atom. The minimum absolute atomic E-state index is 0.0884. The van der Waals surface area contributed by atoms with Crippen molar-refractivity contribution in [3.63, 3.8) is 0 Å². The van der Waals surface area contributed by atoms with Crippen LogP contribution < -0.4 is 5.56 Å². The third-order valence-corrected chi connectivity index (χ3v) is 9.92. The number of aliphatic carboxylic acids is 1. The van der Waals surface area contributed by atoms with E-state index in [0.717, 1.165) is 35.7 Å². The molecule has 5 atom stereocenters. The summed E-state index contributed by atoms with van der Waals surface area (Å²) < 4.78 is 1.96. The second-order valence-electron chi connectivity index (χ2n) is 13.0. The largest absolute Gasteiger partial charge is 0.481 e. The zero-order chi connectivity index (χ0) is 27.8. The first-order chi connectivity index (χ1) is 19.4. The molecular formula is C32H44N4O4. The Morgan fingerprint density at radius 3 is 2.27 bits per heavy atom. The summed E-state index contributed by atoms with van der Waals surface area (Å²) in [6, 6.07) is 9.64. The number of benzene rings is 1. The minimum atomic E-state index is -0.940. The van der Waals surface area contributed by atoms with Gasteiger partial charge in [0.05, 0.1) is 17.5 Å². The standard InChI is InChI=1S/C32H44N4O4/c1-20(2)40-34-28(13-14-30(37)38)31-32(39)36(29-10-6-5-9-27(29)33-31)26-18-23-11-12-24(19-26)35(23)25-16-21-7-3-4-8-22(15-21)17-25/h5-6,9-10,20-26H,3-4,7-8,11-19H2,1-2H3,(H,37,38)/b34-28+/t21?,22?,23-,24+,25?,26?. The van der Waals surface area contributed by atoms with Crippen molar-refractivity contribution in [2.45, 2.75) is 128 Å². The minimum Gasteiger partial charge on any atom is -0.481 e. The molecule has 0 radical (unpaired) electrons. The highest BCUT2D eigenvalue weighted by Gasteiger charge is 2.47. The van der Waals surface area contributed by atoms with Crippen LogP contribution in [0.2, 0.25) is 0 Å². The van der Waals surface area contributed by atoms with E-state index >= 15 is 0 Å². The van der Waals surface area contributed by atoms with E-state index in [9.17, 15) is 14.7 Å². The van der Waals surface area contributed by atoms with Gasteiger partial charge in [-0.25, -0.2) is 4.98 Å². The molecule has 2 aliphatic heterocycles. The van der Waals surface area contributed by atoms with Crippen molar-refractivity contribution in [1.82, 2.24) is 14.5 Å². The second-order valence-corrected chi connectivity index (χ2v) is 13.0. The molecule has 0 amide bonds. The molecule has 1 N–H and O–H groups in total. The van der Waals surface area contributed by atoms with E-state index in [1.807, 2.05) is 42.7 Å². The molecule has 2 aromatic rings. The van der Waals surface area contributed by atoms with Crippen LogP contribution in [0.15, 0.2) is 34.2 Å². The molecule has 3 heterocycles. The highest BCUT2D eigenvalue weighted by Crippen LogP contribution is 2.48. The number of carboxylic acids is 1. The first-order valence-electron chi connectivity index (χ1n) is 15.6. The molecule has 4 bridgehead atoms. The number of piperidine rings is 1. The third kappa shape index (κ3) is 5.56. The van der Waals surface area contributed by atoms with Gasteiger partial charge in [0.2, 0.25) is 0 Å². The second kappa shape index (κ2) is 11.6. The quantitative estimate of drug-likeness (QED) is 0.325. The average molecular weight is 549 g/mol. The first kappa shape index (κ1) is 27.4. The Bertz CT molecular complexity index is 1290. The van der Waals surface area contributed by atoms with E-state index in [2.05, 4.69) is 10.1 Å². The highest BCUT2D eigenvalue weighted by atomic mass is 16.6. The summed E-state index contributed by atoms with van der Waals surface area (Å²) >= 11 is 0. The van der Waals surface area contributed by atoms with E-state index in [4.69, 9.17) is 9.82 Å². The first-order valence-corrected chi connectivity index (χ1v) is 15.6. The van der Waals surface area contributed by atoms with E-state index < -0.39 is 5.97 Å². The molecule has 8 nitrogen and oxygen atoms in total. The van der Waals surface area contributed by atoms with E-state index in [1.54, 1.807) is 0 Å². The van der Waals surface area contributed by atoms with Gasteiger partial charge in [-0.1, -0.05) is 43.0 Å². The molecule has 40 heavy (non-hydrogen) atoms. The lowest BCUT2D eigenvalue weighted by molar-refractivity contribution is -0.136. The van der Waals surface area contributed by atoms with Crippen LogP contribution in [0, 0.1) is 11.8 Å². The van der Waals surface area contributed by atoms with Crippen molar-refractivity contribution in [1.29, 1.82) is 0 Å². The van der Waals surface area contributed by atoms with Crippen molar-refractivity contribution in [2.75, 3.05) is 0 Å². The summed E-state index contributed by atoms with van der Waals surface area (Å²) in [6.45, 7) is 3.71. The highest BCUT2D eigenvalue weighted by molar-refractivity contribution is 6.00. The summed E-state index contributed by atoms with van der Waals surface area (Å²) in [6.07, 6.45) is 13.9. The maximum atomic E-state index is 14.2. The van der Waals surface area contributed by atoms with Gasteiger partial charge < -0.3 is 14.5 Å². The van der Waals surface area contributed by atoms with Crippen molar-refractivity contribution < 1.29 is 14.7 Å². The molecule has 4 aliphatic rings. The molecule has 2 saturated heterocycles. The zero-order valence-corrected chi connectivity index (χ0v) is 24.0. The van der Waals surface area contributed by atoms with Gasteiger partial charge in [0.15, 0.2) is 5.69 Å². The Balaban J connectivity index is 1.33. The fourth-order valence-electron chi connectivity index (χ4n) is 8.41. The number of carboxylic acid groups (broad SMARTS) is 1.